The van der Waals surface area contributed by atoms with Gasteiger partial charge in [-0.2, -0.15) is 12.6 Å². The van der Waals surface area contributed by atoms with E-state index in [2.05, 4.69) is 13.8 Å². The van der Waals surface area contributed by atoms with E-state index in [1.165, 1.54) is 161 Å². The van der Waals surface area contributed by atoms with E-state index in [4.69, 9.17) is 12.6 Å². The molecule has 0 spiro atoms. The van der Waals surface area contributed by atoms with Gasteiger partial charge in [0.2, 0.25) is 0 Å². The second kappa shape index (κ2) is 16.1. The van der Waals surface area contributed by atoms with Crippen molar-refractivity contribution in [2.45, 2.75) is 179 Å². The van der Waals surface area contributed by atoms with E-state index in [1.807, 2.05) is 0 Å². The fourth-order valence-electron chi connectivity index (χ4n) is 6.66. The fraction of sp³-hybridized carbons (Fsp3) is 1.00. The Balaban J connectivity index is 1.90. The minimum absolute atomic E-state index is 0.257. The van der Waals surface area contributed by atoms with Crippen LogP contribution in [-0.2, 0) is 0 Å². The molecule has 0 amide bonds. The zero-order chi connectivity index (χ0) is 22.3. The zero-order valence-corrected chi connectivity index (χ0v) is 22.6. The summed E-state index contributed by atoms with van der Waals surface area (Å²) in [6.45, 7) is 5.11. The average Bonchev–Trinajstić information content (AvgIpc) is 2.71. The highest BCUT2D eigenvalue weighted by Gasteiger charge is 2.33. The second-order valence-corrected chi connectivity index (χ2v) is 13.2. The van der Waals surface area contributed by atoms with Crippen LogP contribution < -0.4 is 0 Å². The molecule has 2 saturated carbocycles. The molecule has 2 unspecified atom stereocenters. The van der Waals surface area contributed by atoms with Crippen LogP contribution in [0.4, 0.5) is 0 Å². The standard InChI is InChI=1S/C30H58S/c1-29(24-18-14-12-15-19-25-29)28-22-17-13-10-8-6-4-3-5-7-9-11-16-20-26-30(2,31)27-21-23-28/h28,31H,3-27H2,1-2H3. The van der Waals surface area contributed by atoms with Gasteiger partial charge in [0, 0.05) is 4.75 Å². The van der Waals surface area contributed by atoms with E-state index in [0.29, 0.717) is 5.41 Å². The lowest BCUT2D eigenvalue weighted by Gasteiger charge is -2.40. The molecule has 0 bridgehead atoms. The molecule has 31 heavy (non-hydrogen) atoms. The van der Waals surface area contributed by atoms with Crippen LogP contribution in [0.25, 0.3) is 0 Å². The maximum Gasteiger partial charge on any atom is 0.0101 e. The average molecular weight is 451 g/mol. The highest BCUT2D eigenvalue weighted by atomic mass is 32.1. The van der Waals surface area contributed by atoms with Gasteiger partial charge in [-0.3, -0.25) is 0 Å². The minimum Gasteiger partial charge on any atom is -0.173 e. The molecular formula is C30H58S. The second-order valence-electron chi connectivity index (χ2n) is 12.1. The highest BCUT2D eigenvalue weighted by Crippen LogP contribution is 2.45. The maximum absolute atomic E-state index is 5.13. The largest absolute Gasteiger partial charge is 0.173 e. The highest BCUT2D eigenvalue weighted by molar-refractivity contribution is 7.81. The van der Waals surface area contributed by atoms with Crippen molar-refractivity contribution in [3.05, 3.63) is 0 Å². The Labute approximate surface area is 202 Å². The molecule has 2 aliphatic carbocycles. The molecule has 2 atom stereocenters. The van der Waals surface area contributed by atoms with E-state index >= 15 is 0 Å². The predicted octanol–water partition coefficient (Wildman–Crippen LogP) is 11.1. The van der Waals surface area contributed by atoms with Gasteiger partial charge in [-0.05, 0) is 49.9 Å². The Bertz CT molecular complexity index is 418. The maximum atomic E-state index is 5.13. The monoisotopic (exact) mass is 450 g/mol. The molecule has 184 valence electrons. The lowest BCUT2D eigenvalue weighted by atomic mass is 9.65. The van der Waals surface area contributed by atoms with Gasteiger partial charge in [0.1, 0.15) is 0 Å². The molecule has 1 heteroatoms. The third-order valence-electron chi connectivity index (χ3n) is 9.02. The summed E-state index contributed by atoms with van der Waals surface area (Å²) in [6, 6.07) is 0. The quantitative estimate of drug-likeness (QED) is 0.377. The van der Waals surface area contributed by atoms with Crippen molar-refractivity contribution in [3.63, 3.8) is 0 Å². The summed E-state index contributed by atoms with van der Waals surface area (Å²) in [5.41, 5.74) is 0.615. The fourth-order valence-corrected chi connectivity index (χ4v) is 6.97. The molecule has 0 N–H and O–H groups in total. The van der Waals surface area contributed by atoms with Crippen molar-refractivity contribution in [3.8, 4) is 0 Å². The van der Waals surface area contributed by atoms with Crippen molar-refractivity contribution < 1.29 is 0 Å². The summed E-state index contributed by atoms with van der Waals surface area (Å²) in [7, 11) is 0. The SMILES string of the molecule is CC1(S)CCCCCCCCCCCCCCCC(C2(C)CCCCCCC2)CCC1. The van der Waals surface area contributed by atoms with Gasteiger partial charge in [-0.15, -0.1) is 0 Å². The first-order valence-corrected chi connectivity index (χ1v) is 15.2. The molecule has 0 heterocycles. The van der Waals surface area contributed by atoms with Crippen molar-refractivity contribution in [1.82, 2.24) is 0 Å². The number of rotatable bonds is 1. The Kier molecular flexibility index (Phi) is 14.3. The lowest BCUT2D eigenvalue weighted by Crippen LogP contribution is -2.29. The van der Waals surface area contributed by atoms with Gasteiger partial charge < -0.3 is 0 Å². The van der Waals surface area contributed by atoms with E-state index in [9.17, 15) is 0 Å². The summed E-state index contributed by atoms with van der Waals surface area (Å²) in [5, 5.41) is 0. The summed E-state index contributed by atoms with van der Waals surface area (Å²) >= 11 is 5.13. The van der Waals surface area contributed by atoms with Crippen LogP contribution in [0.2, 0.25) is 0 Å². The van der Waals surface area contributed by atoms with Gasteiger partial charge in [0.25, 0.3) is 0 Å². The van der Waals surface area contributed by atoms with Crippen LogP contribution in [0, 0.1) is 11.3 Å². The third-order valence-corrected chi connectivity index (χ3v) is 9.46. The Morgan fingerprint density at radius 2 is 0.742 bits per heavy atom. The molecule has 0 aromatic heterocycles. The van der Waals surface area contributed by atoms with Gasteiger partial charge in [-0.25, -0.2) is 0 Å². The first kappa shape index (κ1) is 27.6. The summed E-state index contributed by atoms with van der Waals surface area (Å²) < 4.78 is 0.257. The van der Waals surface area contributed by atoms with Crippen molar-refractivity contribution >= 4 is 12.6 Å². The lowest BCUT2D eigenvalue weighted by molar-refractivity contribution is 0.112. The van der Waals surface area contributed by atoms with Crippen LogP contribution in [-0.4, -0.2) is 4.75 Å². The molecule has 2 rings (SSSR count). The van der Waals surface area contributed by atoms with E-state index < -0.39 is 0 Å². The third kappa shape index (κ3) is 12.4. The van der Waals surface area contributed by atoms with Crippen molar-refractivity contribution in [1.29, 1.82) is 0 Å². The molecule has 0 aromatic rings. The Morgan fingerprint density at radius 1 is 0.419 bits per heavy atom. The predicted molar refractivity (Wildman–Crippen MR) is 144 cm³/mol. The molecule has 0 aromatic carbocycles. The number of hydrogen-bond donors (Lipinski definition) is 1. The van der Waals surface area contributed by atoms with Crippen LogP contribution >= 0.6 is 12.6 Å². The minimum atomic E-state index is 0.257. The van der Waals surface area contributed by atoms with E-state index in [1.54, 1.807) is 0 Å². The van der Waals surface area contributed by atoms with Crippen LogP contribution in [0.3, 0.4) is 0 Å². The molecule has 0 saturated heterocycles. The topological polar surface area (TPSA) is 0 Å². The molecule has 0 aliphatic heterocycles. The first-order chi connectivity index (χ1) is 15.0. The molecule has 2 fully saturated rings. The van der Waals surface area contributed by atoms with Crippen LogP contribution in [0.15, 0.2) is 0 Å². The smallest absolute Gasteiger partial charge is 0.0101 e. The number of hydrogen-bond acceptors (Lipinski definition) is 1. The van der Waals surface area contributed by atoms with Crippen molar-refractivity contribution in [2.75, 3.05) is 0 Å². The van der Waals surface area contributed by atoms with Gasteiger partial charge in [-0.1, -0.05) is 136 Å². The van der Waals surface area contributed by atoms with Gasteiger partial charge in [0.15, 0.2) is 0 Å². The normalized spacial score (nSPS) is 32.4. The van der Waals surface area contributed by atoms with E-state index in [0.717, 1.165) is 5.92 Å². The first-order valence-electron chi connectivity index (χ1n) is 14.7. The van der Waals surface area contributed by atoms with Crippen LogP contribution in [0.5, 0.6) is 0 Å². The van der Waals surface area contributed by atoms with Gasteiger partial charge in [0.05, 0.1) is 0 Å². The summed E-state index contributed by atoms with van der Waals surface area (Å²) in [4.78, 5) is 0. The van der Waals surface area contributed by atoms with Crippen molar-refractivity contribution in [2.24, 2.45) is 11.3 Å². The molecule has 0 radical (unpaired) electrons. The van der Waals surface area contributed by atoms with Crippen LogP contribution in [0.1, 0.15) is 174 Å². The Hall–Kier alpha value is 0.350. The van der Waals surface area contributed by atoms with E-state index in [-0.39, 0.29) is 4.75 Å². The molecule has 0 nitrogen and oxygen atoms in total. The summed E-state index contributed by atoms with van der Waals surface area (Å²) in [5.74, 6) is 0.959. The summed E-state index contributed by atoms with van der Waals surface area (Å²) in [6.07, 6.45) is 36.5. The van der Waals surface area contributed by atoms with Gasteiger partial charge >= 0.3 is 0 Å². The molecule has 2 aliphatic rings. The molecular weight excluding hydrogens is 392 g/mol. The number of thiol groups is 1. The zero-order valence-electron chi connectivity index (χ0n) is 21.7. The Morgan fingerprint density at radius 3 is 1.23 bits per heavy atom.